The van der Waals surface area contributed by atoms with Crippen LogP contribution >= 0.6 is 11.8 Å². The molecule has 0 spiro atoms. The summed E-state index contributed by atoms with van der Waals surface area (Å²) in [5.74, 6) is -1.48. The normalized spacial score (nSPS) is 27.9. The van der Waals surface area contributed by atoms with Gasteiger partial charge in [-0.2, -0.15) is 0 Å². The Balaban J connectivity index is 1.76. The van der Waals surface area contributed by atoms with Crippen molar-refractivity contribution in [3.8, 4) is 0 Å². The fourth-order valence-electron chi connectivity index (χ4n) is 3.53. The van der Waals surface area contributed by atoms with E-state index < -0.39 is 28.7 Å². The van der Waals surface area contributed by atoms with E-state index in [1.54, 1.807) is 31.2 Å². The first-order valence-electron chi connectivity index (χ1n) is 7.63. The molecule has 0 radical (unpaired) electrons. The predicted octanol–water partition coefficient (Wildman–Crippen LogP) is 0.500. The van der Waals surface area contributed by atoms with Crippen LogP contribution in [0.25, 0.3) is 0 Å². The van der Waals surface area contributed by atoms with Gasteiger partial charge in [0, 0.05) is 12.3 Å². The molecule has 0 saturated carbocycles. The molecule has 124 valence electrons. The van der Waals surface area contributed by atoms with Gasteiger partial charge in [0.1, 0.15) is 0 Å². The quantitative estimate of drug-likeness (QED) is 0.450. The Morgan fingerprint density at radius 2 is 1.88 bits per heavy atom. The molecule has 1 aromatic rings. The number of hydrogen-bond donors (Lipinski definition) is 0. The molecule has 0 aliphatic carbocycles. The van der Waals surface area contributed by atoms with E-state index in [0.717, 1.165) is 4.90 Å². The summed E-state index contributed by atoms with van der Waals surface area (Å²) in [6.45, 7) is 2.25. The Morgan fingerprint density at radius 1 is 1.25 bits per heavy atom. The van der Waals surface area contributed by atoms with Gasteiger partial charge in [0.15, 0.2) is 6.04 Å². The van der Waals surface area contributed by atoms with E-state index in [2.05, 4.69) is 0 Å². The number of carbonyl (C=O) groups excluding carboxylic acids is 4. The first kappa shape index (κ1) is 15.2. The monoisotopic (exact) mass is 346 g/mol. The van der Waals surface area contributed by atoms with E-state index >= 15 is 0 Å². The number of amides is 3. The van der Waals surface area contributed by atoms with E-state index in [4.69, 9.17) is 4.74 Å². The first-order valence-corrected chi connectivity index (χ1v) is 8.62. The summed E-state index contributed by atoms with van der Waals surface area (Å²) in [6.07, 6.45) is 0. The molecule has 2 saturated heterocycles. The van der Waals surface area contributed by atoms with Crippen molar-refractivity contribution in [3.63, 3.8) is 0 Å². The van der Waals surface area contributed by atoms with Crippen molar-refractivity contribution in [2.75, 3.05) is 18.9 Å². The second kappa shape index (κ2) is 5.07. The maximum absolute atomic E-state index is 12.7. The molecular formula is C16H14N2O5S. The second-order valence-electron chi connectivity index (χ2n) is 5.68. The number of fused-ring (bicyclic) bond motifs is 2. The molecule has 2 fully saturated rings. The molecule has 1 aromatic carbocycles. The number of thioether (sulfide) groups is 1. The number of carbonyl (C=O) groups is 4. The Kier molecular flexibility index (Phi) is 3.21. The van der Waals surface area contributed by atoms with Crippen molar-refractivity contribution in [1.29, 1.82) is 0 Å². The third-order valence-corrected chi connectivity index (χ3v) is 6.00. The van der Waals surface area contributed by atoms with Gasteiger partial charge < -0.3 is 9.64 Å². The molecule has 8 heteroatoms. The van der Waals surface area contributed by atoms with Crippen LogP contribution in [0.15, 0.2) is 24.3 Å². The van der Waals surface area contributed by atoms with Crippen LogP contribution in [-0.4, -0.2) is 63.3 Å². The molecule has 0 N–H and O–H groups in total. The Morgan fingerprint density at radius 3 is 2.46 bits per heavy atom. The van der Waals surface area contributed by atoms with Crippen LogP contribution in [0, 0.1) is 0 Å². The van der Waals surface area contributed by atoms with Gasteiger partial charge in [-0.1, -0.05) is 12.1 Å². The third kappa shape index (κ3) is 1.64. The zero-order chi connectivity index (χ0) is 17.1. The predicted molar refractivity (Wildman–Crippen MR) is 84.3 cm³/mol. The number of esters is 1. The summed E-state index contributed by atoms with van der Waals surface area (Å²) in [4.78, 5) is 51.5. The molecule has 24 heavy (non-hydrogen) atoms. The minimum absolute atomic E-state index is 0.165. The Labute approximate surface area is 141 Å². The number of benzene rings is 1. The maximum Gasteiger partial charge on any atom is 0.345 e. The topological polar surface area (TPSA) is 84.0 Å². The second-order valence-corrected chi connectivity index (χ2v) is 7.00. The highest BCUT2D eigenvalue weighted by Gasteiger charge is 2.73. The van der Waals surface area contributed by atoms with Crippen molar-refractivity contribution in [1.82, 2.24) is 9.80 Å². The lowest BCUT2D eigenvalue weighted by molar-refractivity contribution is -0.175. The molecule has 3 amide bonds. The summed E-state index contributed by atoms with van der Waals surface area (Å²) < 4.78 is 5.13. The molecule has 0 unspecified atom stereocenters. The molecule has 7 nitrogen and oxygen atoms in total. The minimum atomic E-state index is -1.31. The smallest absolute Gasteiger partial charge is 0.345 e. The summed E-state index contributed by atoms with van der Waals surface area (Å²) in [7, 11) is 0. The molecule has 3 aliphatic heterocycles. The average molecular weight is 346 g/mol. The summed E-state index contributed by atoms with van der Waals surface area (Å²) in [6, 6.07) is 5.28. The molecule has 3 heterocycles. The zero-order valence-electron chi connectivity index (χ0n) is 12.9. The minimum Gasteiger partial charge on any atom is -0.464 e. The molecule has 3 aliphatic rings. The van der Waals surface area contributed by atoms with Crippen molar-refractivity contribution in [3.05, 3.63) is 35.4 Å². The van der Waals surface area contributed by atoms with Crippen LogP contribution in [0.4, 0.5) is 0 Å². The van der Waals surface area contributed by atoms with Crippen molar-refractivity contribution in [2.45, 2.75) is 17.8 Å². The van der Waals surface area contributed by atoms with E-state index in [9.17, 15) is 19.2 Å². The van der Waals surface area contributed by atoms with Gasteiger partial charge in [-0.25, -0.2) is 4.79 Å². The molecular weight excluding hydrogens is 332 g/mol. The number of rotatable bonds is 3. The van der Waals surface area contributed by atoms with Crippen LogP contribution in [0.1, 0.15) is 27.6 Å². The number of β-lactam (4-membered cyclic amide) rings is 1. The van der Waals surface area contributed by atoms with Gasteiger partial charge in [-0.05, 0) is 19.1 Å². The summed E-state index contributed by atoms with van der Waals surface area (Å²) in [5, 5.41) is 0. The van der Waals surface area contributed by atoms with Gasteiger partial charge in [-0.3, -0.25) is 19.3 Å². The molecule has 0 bridgehead atoms. The lowest BCUT2D eigenvalue weighted by atomic mass is 9.92. The largest absolute Gasteiger partial charge is 0.464 e. The highest BCUT2D eigenvalue weighted by molar-refractivity contribution is 8.01. The van der Waals surface area contributed by atoms with E-state index in [1.165, 1.54) is 16.7 Å². The number of imide groups is 1. The number of hydrogen-bond acceptors (Lipinski definition) is 6. The van der Waals surface area contributed by atoms with Crippen LogP contribution in [0.3, 0.4) is 0 Å². The summed E-state index contributed by atoms with van der Waals surface area (Å²) in [5.41, 5.74) is 0.520. The van der Waals surface area contributed by atoms with Gasteiger partial charge in [0.2, 0.25) is 4.87 Å². The summed E-state index contributed by atoms with van der Waals surface area (Å²) >= 11 is 1.25. The van der Waals surface area contributed by atoms with E-state index in [1.807, 2.05) is 0 Å². The third-order valence-electron chi connectivity index (χ3n) is 4.56. The van der Waals surface area contributed by atoms with E-state index in [0.29, 0.717) is 12.3 Å². The Hall–Kier alpha value is -2.35. The fraction of sp³-hybridized carbons (Fsp3) is 0.375. The van der Waals surface area contributed by atoms with E-state index in [-0.39, 0.29) is 23.6 Å². The van der Waals surface area contributed by atoms with Crippen LogP contribution in [0.2, 0.25) is 0 Å². The average Bonchev–Trinajstić information content (AvgIpc) is 3.09. The highest BCUT2D eigenvalue weighted by atomic mass is 32.2. The molecule has 4 rings (SSSR count). The zero-order valence-corrected chi connectivity index (χ0v) is 13.7. The fourth-order valence-corrected chi connectivity index (χ4v) is 4.99. The highest BCUT2D eigenvalue weighted by Crippen LogP contribution is 2.51. The van der Waals surface area contributed by atoms with Gasteiger partial charge >= 0.3 is 5.97 Å². The van der Waals surface area contributed by atoms with Crippen molar-refractivity contribution in [2.24, 2.45) is 0 Å². The molecule has 0 aromatic heterocycles. The van der Waals surface area contributed by atoms with Gasteiger partial charge in [0.05, 0.1) is 17.7 Å². The lowest BCUT2D eigenvalue weighted by Crippen LogP contribution is -2.79. The number of ether oxygens (including phenoxy) is 1. The van der Waals surface area contributed by atoms with Crippen LogP contribution in [-0.2, 0) is 14.3 Å². The van der Waals surface area contributed by atoms with Crippen molar-refractivity contribution < 1.29 is 23.9 Å². The van der Waals surface area contributed by atoms with Gasteiger partial charge in [0.25, 0.3) is 17.7 Å². The standard InChI is InChI=1S/C16H14N2O5S/c1-2-23-15(22)16-11(14(21)17(16)7-8-24-16)18-12(19)9-5-3-4-6-10(9)13(18)20/h3-6,11H,2,7-8H2,1H3/t11-,16-/m0/s1. The maximum atomic E-state index is 12.7. The molecule has 2 atom stereocenters. The SMILES string of the molecule is CCOC(=O)[C@]12SCCN1C(=O)[C@@H]2N1C(=O)c2ccccc2C1=O. The van der Waals surface area contributed by atoms with Gasteiger partial charge in [-0.15, -0.1) is 11.8 Å². The van der Waals surface area contributed by atoms with Crippen LogP contribution < -0.4 is 0 Å². The lowest BCUT2D eigenvalue weighted by Gasteiger charge is -2.52. The number of nitrogens with zero attached hydrogens (tertiary/aromatic N) is 2. The van der Waals surface area contributed by atoms with Crippen molar-refractivity contribution >= 4 is 35.5 Å². The Bertz CT molecular complexity index is 759. The first-order chi connectivity index (χ1) is 11.5. The van der Waals surface area contributed by atoms with Crippen LogP contribution in [0.5, 0.6) is 0 Å².